The second-order valence-corrected chi connectivity index (χ2v) is 5.40. The molecule has 2 rings (SSSR count). The average molecular weight is 282 g/mol. The lowest BCUT2D eigenvalue weighted by molar-refractivity contribution is -0.384. The van der Waals surface area contributed by atoms with Gasteiger partial charge in [-0.25, -0.2) is 13.1 Å². The summed E-state index contributed by atoms with van der Waals surface area (Å²) in [5, 5.41) is 16.3. The molecule has 8 nitrogen and oxygen atoms in total. The topological polar surface area (TPSA) is 118 Å². The predicted octanol–water partition coefficient (Wildman–Crippen LogP) is 0.796. The van der Waals surface area contributed by atoms with Crippen LogP contribution in [0.5, 0.6) is 0 Å². The highest BCUT2D eigenvalue weighted by Crippen LogP contribution is 2.12. The summed E-state index contributed by atoms with van der Waals surface area (Å²) in [5.41, 5.74) is 0.578. The van der Waals surface area contributed by atoms with Gasteiger partial charge in [-0.2, -0.15) is 5.10 Å². The fraction of sp³-hybridized carbons (Fsp3) is 0.100. The van der Waals surface area contributed by atoms with E-state index in [1.807, 2.05) is 0 Å². The third kappa shape index (κ3) is 3.14. The van der Waals surface area contributed by atoms with E-state index in [-0.39, 0.29) is 17.3 Å². The maximum atomic E-state index is 11.8. The second-order valence-electron chi connectivity index (χ2n) is 3.67. The van der Waals surface area contributed by atoms with Gasteiger partial charge in [-0.05, 0) is 11.6 Å². The maximum Gasteiger partial charge on any atom is 0.269 e. The molecule has 19 heavy (non-hydrogen) atoms. The Bertz CT molecular complexity index is 664. The molecule has 0 fully saturated rings. The normalized spacial score (nSPS) is 11.4. The zero-order valence-corrected chi connectivity index (χ0v) is 10.4. The monoisotopic (exact) mass is 282 g/mol. The molecule has 1 heterocycles. The third-order valence-electron chi connectivity index (χ3n) is 2.38. The van der Waals surface area contributed by atoms with Crippen LogP contribution in [-0.4, -0.2) is 23.5 Å². The number of aromatic amines is 1. The van der Waals surface area contributed by atoms with Gasteiger partial charge in [0.15, 0.2) is 5.03 Å². The first-order chi connectivity index (χ1) is 8.99. The van der Waals surface area contributed by atoms with Crippen molar-refractivity contribution in [2.24, 2.45) is 0 Å². The number of hydrogen-bond donors (Lipinski definition) is 2. The Morgan fingerprint density at radius 1 is 1.26 bits per heavy atom. The molecule has 100 valence electrons. The minimum atomic E-state index is -3.64. The summed E-state index contributed by atoms with van der Waals surface area (Å²) in [6.07, 6.45) is 1.33. The van der Waals surface area contributed by atoms with Crippen LogP contribution in [-0.2, 0) is 16.6 Å². The molecule has 0 spiro atoms. The summed E-state index contributed by atoms with van der Waals surface area (Å²) < 4.78 is 25.9. The van der Waals surface area contributed by atoms with E-state index in [0.29, 0.717) is 5.56 Å². The van der Waals surface area contributed by atoms with Crippen LogP contribution in [0.1, 0.15) is 5.56 Å². The molecule has 1 aromatic heterocycles. The lowest BCUT2D eigenvalue weighted by Gasteiger charge is -2.04. The molecule has 0 bridgehead atoms. The van der Waals surface area contributed by atoms with Crippen LogP contribution in [0, 0.1) is 10.1 Å². The summed E-state index contributed by atoms with van der Waals surface area (Å²) >= 11 is 0. The van der Waals surface area contributed by atoms with Crippen molar-refractivity contribution in [3.05, 3.63) is 52.2 Å². The smallest absolute Gasteiger partial charge is 0.266 e. The van der Waals surface area contributed by atoms with Crippen LogP contribution in [0.3, 0.4) is 0 Å². The van der Waals surface area contributed by atoms with Crippen LogP contribution in [0.25, 0.3) is 0 Å². The quantitative estimate of drug-likeness (QED) is 0.621. The molecule has 2 N–H and O–H groups in total. The molecule has 0 saturated carbocycles. The molecule has 0 aliphatic rings. The number of nitro benzene ring substituents is 1. The Hall–Kier alpha value is -2.26. The van der Waals surface area contributed by atoms with Crippen molar-refractivity contribution < 1.29 is 13.3 Å². The van der Waals surface area contributed by atoms with Crippen LogP contribution in [0.2, 0.25) is 0 Å². The number of hydrogen-bond acceptors (Lipinski definition) is 5. The number of aromatic nitrogens is 2. The van der Waals surface area contributed by atoms with Gasteiger partial charge in [-0.3, -0.25) is 15.2 Å². The van der Waals surface area contributed by atoms with Gasteiger partial charge in [-0.15, -0.1) is 0 Å². The molecule has 0 amide bonds. The van der Waals surface area contributed by atoms with Crippen molar-refractivity contribution in [3.8, 4) is 0 Å². The number of sulfonamides is 1. The van der Waals surface area contributed by atoms with Gasteiger partial charge < -0.3 is 0 Å². The van der Waals surface area contributed by atoms with Crippen molar-refractivity contribution >= 4 is 15.7 Å². The highest BCUT2D eigenvalue weighted by atomic mass is 32.2. The van der Waals surface area contributed by atoms with E-state index in [1.54, 1.807) is 0 Å². The van der Waals surface area contributed by atoms with E-state index >= 15 is 0 Å². The van der Waals surface area contributed by atoms with Crippen molar-refractivity contribution in [3.63, 3.8) is 0 Å². The summed E-state index contributed by atoms with van der Waals surface area (Å²) in [7, 11) is -3.64. The largest absolute Gasteiger partial charge is 0.269 e. The fourth-order valence-electron chi connectivity index (χ4n) is 1.38. The number of benzene rings is 1. The molecule has 1 aromatic carbocycles. The Balaban J connectivity index is 2.05. The summed E-state index contributed by atoms with van der Waals surface area (Å²) in [5.74, 6) is 0. The zero-order valence-electron chi connectivity index (χ0n) is 9.61. The van der Waals surface area contributed by atoms with E-state index in [9.17, 15) is 18.5 Å². The molecule has 9 heteroatoms. The summed E-state index contributed by atoms with van der Waals surface area (Å²) in [6.45, 7) is 0.0410. The molecule has 0 unspecified atom stereocenters. The van der Waals surface area contributed by atoms with Crippen LogP contribution >= 0.6 is 0 Å². The van der Waals surface area contributed by atoms with Crippen molar-refractivity contribution in [2.45, 2.75) is 11.6 Å². The van der Waals surface area contributed by atoms with Crippen LogP contribution < -0.4 is 4.72 Å². The van der Waals surface area contributed by atoms with E-state index < -0.39 is 14.9 Å². The molecule has 2 aromatic rings. The maximum absolute atomic E-state index is 11.8. The third-order valence-corrected chi connectivity index (χ3v) is 3.71. The Morgan fingerprint density at radius 2 is 1.95 bits per heavy atom. The molecule has 0 aliphatic heterocycles. The van der Waals surface area contributed by atoms with E-state index in [4.69, 9.17) is 0 Å². The van der Waals surface area contributed by atoms with Gasteiger partial charge >= 0.3 is 0 Å². The van der Waals surface area contributed by atoms with Crippen molar-refractivity contribution in [1.82, 2.24) is 14.9 Å². The minimum Gasteiger partial charge on any atom is -0.266 e. The Kier molecular flexibility index (Phi) is 3.58. The highest BCUT2D eigenvalue weighted by molar-refractivity contribution is 7.89. The van der Waals surface area contributed by atoms with Crippen LogP contribution in [0.4, 0.5) is 5.69 Å². The Labute approximate surface area is 108 Å². The highest BCUT2D eigenvalue weighted by Gasteiger charge is 2.14. The molecule has 0 atom stereocenters. The Morgan fingerprint density at radius 3 is 2.47 bits per heavy atom. The van der Waals surface area contributed by atoms with Gasteiger partial charge in [0, 0.05) is 18.7 Å². The standard InChI is InChI=1S/C10H10N4O4S/c15-14(16)9-3-1-8(2-4-9)7-12-19(17,18)10-5-6-11-13-10/h1-6,12H,7H2,(H,11,13). The van der Waals surface area contributed by atoms with Gasteiger partial charge in [0.25, 0.3) is 15.7 Å². The van der Waals surface area contributed by atoms with Gasteiger partial charge in [0.05, 0.1) is 11.1 Å². The molecule has 0 saturated heterocycles. The van der Waals surface area contributed by atoms with E-state index in [0.717, 1.165) is 0 Å². The first-order valence-corrected chi connectivity index (χ1v) is 6.70. The molecular formula is C10H10N4O4S. The fourth-order valence-corrected chi connectivity index (χ4v) is 2.31. The number of nitrogens with one attached hydrogen (secondary N) is 2. The van der Waals surface area contributed by atoms with E-state index in [1.165, 1.54) is 36.5 Å². The number of H-pyrrole nitrogens is 1. The number of non-ortho nitro benzene ring substituents is 1. The van der Waals surface area contributed by atoms with E-state index in [2.05, 4.69) is 14.9 Å². The van der Waals surface area contributed by atoms with Crippen molar-refractivity contribution in [2.75, 3.05) is 0 Å². The zero-order chi connectivity index (χ0) is 13.9. The first kappa shape index (κ1) is 13.2. The molecular weight excluding hydrogens is 272 g/mol. The summed E-state index contributed by atoms with van der Waals surface area (Å²) in [6, 6.07) is 6.96. The lowest BCUT2D eigenvalue weighted by atomic mass is 10.2. The predicted molar refractivity (Wildman–Crippen MR) is 65.7 cm³/mol. The first-order valence-electron chi connectivity index (χ1n) is 5.21. The number of rotatable bonds is 5. The van der Waals surface area contributed by atoms with Gasteiger partial charge in [0.2, 0.25) is 0 Å². The molecule has 0 aliphatic carbocycles. The number of nitro groups is 1. The molecule has 0 radical (unpaired) electrons. The number of nitrogens with zero attached hydrogens (tertiary/aromatic N) is 2. The van der Waals surface area contributed by atoms with Gasteiger partial charge in [-0.1, -0.05) is 12.1 Å². The van der Waals surface area contributed by atoms with Crippen LogP contribution in [0.15, 0.2) is 41.6 Å². The average Bonchev–Trinajstić information content (AvgIpc) is 2.91. The van der Waals surface area contributed by atoms with Gasteiger partial charge in [0.1, 0.15) is 0 Å². The SMILES string of the molecule is O=[N+]([O-])c1ccc(CNS(=O)(=O)c2ccn[nH]2)cc1. The second kappa shape index (κ2) is 5.16. The minimum absolute atomic E-state index is 0.0330. The summed E-state index contributed by atoms with van der Waals surface area (Å²) in [4.78, 5) is 9.95. The lowest BCUT2D eigenvalue weighted by Crippen LogP contribution is -2.23. The van der Waals surface area contributed by atoms with Crippen molar-refractivity contribution in [1.29, 1.82) is 0 Å².